The van der Waals surface area contributed by atoms with Crippen molar-refractivity contribution in [3.8, 4) is 11.5 Å². The monoisotopic (exact) mass is 425 g/mol. The average Bonchev–Trinajstić information content (AvgIpc) is 3.00. The number of esters is 1. The number of carbonyl (C=O) groups is 1. The summed E-state index contributed by atoms with van der Waals surface area (Å²) in [5.41, 5.74) is 2.65. The molecule has 1 unspecified atom stereocenters. The molecule has 2 aromatic rings. The van der Waals surface area contributed by atoms with E-state index in [4.69, 9.17) is 25.8 Å². The number of carbonyl (C=O) groups excluding carboxylic acids is 1. The number of ether oxygens (including phenoxy) is 3. The average molecular weight is 426 g/mol. The lowest BCUT2D eigenvalue weighted by Gasteiger charge is -2.36. The maximum atomic E-state index is 12.6. The van der Waals surface area contributed by atoms with Gasteiger partial charge in [-0.25, -0.2) is 4.79 Å². The number of nitrogens with zero attached hydrogens (tertiary/aromatic N) is 1. The molecular weight excluding hydrogens is 402 g/mol. The minimum absolute atomic E-state index is 0.108. The fraction of sp³-hybridized carbons (Fsp3) is 0.375. The zero-order valence-corrected chi connectivity index (χ0v) is 17.8. The summed E-state index contributed by atoms with van der Waals surface area (Å²) in [5.74, 6) is 1.17. The Morgan fingerprint density at radius 3 is 2.90 bits per heavy atom. The van der Waals surface area contributed by atoms with Crippen LogP contribution >= 0.6 is 11.6 Å². The summed E-state index contributed by atoms with van der Waals surface area (Å²) < 4.78 is 17.8. The van der Waals surface area contributed by atoms with E-state index in [-0.39, 0.29) is 17.6 Å². The third-order valence-corrected chi connectivity index (χ3v) is 6.81. The van der Waals surface area contributed by atoms with Crippen LogP contribution in [0.25, 0.3) is 0 Å². The van der Waals surface area contributed by atoms with Crippen LogP contribution in [0.5, 0.6) is 11.5 Å². The van der Waals surface area contributed by atoms with Gasteiger partial charge in [0.05, 0.1) is 23.1 Å². The second-order valence-electron chi connectivity index (χ2n) is 8.28. The molecule has 3 atom stereocenters. The molecule has 2 heterocycles. The molecule has 0 radical (unpaired) electrons. The fourth-order valence-corrected chi connectivity index (χ4v) is 5.19. The lowest BCUT2D eigenvalue weighted by Crippen LogP contribution is -2.43. The first-order valence-corrected chi connectivity index (χ1v) is 10.6. The first kappa shape index (κ1) is 19.5. The molecule has 0 amide bonds. The van der Waals surface area contributed by atoms with Gasteiger partial charge in [-0.15, -0.1) is 0 Å². The van der Waals surface area contributed by atoms with Crippen molar-refractivity contribution in [2.45, 2.75) is 37.0 Å². The van der Waals surface area contributed by atoms with E-state index in [1.165, 1.54) is 11.1 Å². The molecule has 0 N–H and O–H groups in total. The molecule has 0 bridgehead atoms. The van der Waals surface area contributed by atoms with Crippen LogP contribution in [0.4, 0.5) is 0 Å². The van der Waals surface area contributed by atoms with E-state index < -0.39 is 5.97 Å². The fourth-order valence-electron chi connectivity index (χ4n) is 4.98. The Kier molecular flexibility index (Phi) is 4.75. The Labute approximate surface area is 181 Å². The molecule has 0 aromatic heterocycles. The van der Waals surface area contributed by atoms with Crippen LogP contribution in [-0.4, -0.2) is 43.8 Å². The van der Waals surface area contributed by atoms with Gasteiger partial charge in [0.1, 0.15) is 12.2 Å². The molecule has 156 valence electrons. The summed E-state index contributed by atoms with van der Waals surface area (Å²) in [6.45, 7) is 1.84. The Morgan fingerprint density at radius 1 is 1.27 bits per heavy atom. The Hall–Kier alpha value is -2.50. The molecule has 0 fully saturated rings. The van der Waals surface area contributed by atoms with Crippen LogP contribution in [0.3, 0.4) is 0 Å². The second-order valence-corrected chi connectivity index (χ2v) is 8.69. The summed E-state index contributed by atoms with van der Waals surface area (Å²) in [6, 6.07) is 11.1. The zero-order chi connectivity index (χ0) is 20.9. The predicted octanol–water partition coefficient (Wildman–Crippen LogP) is 4.37. The van der Waals surface area contributed by atoms with Crippen molar-refractivity contribution in [2.75, 3.05) is 20.7 Å². The molecule has 5 rings (SSSR count). The smallest absolute Gasteiger partial charge is 0.340 e. The van der Waals surface area contributed by atoms with Crippen molar-refractivity contribution >= 4 is 17.6 Å². The molecule has 0 saturated carbocycles. The quantitative estimate of drug-likeness (QED) is 0.540. The Bertz CT molecular complexity index is 1040. The van der Waals surface area contributed by atoms with Gasteiger partial charge < -0.3 is 19.1 Å². The largest absolute Gasteiger partial charge is 0.493 e. The molecule has 2 aliphatic heterocycles. The van der Waals surface area contributed by atoms with Crippen molar-refractivity contribution < 1.29 is 19.0 Å². The minimum Gasteiger partial charge on any atom is -0.493 e. The van der Waals surface area contributed by atoms with Crippen LogP contribution in [0.1, 0.15) is 34.3 Å². The number of hydrogen-bond acceptors (Lipinski definition) is 5. The van der Waals surface area contributed by atoms with Gasteiger partial charge >= 0.3 is 5.97 Å². The molecule has 2 aromatic carbocycles. The summed E-state index contributed by atoms with van der Waals surface area (Å²) >= 11 is 6.16. The second kappa shape index (κ2) is 7.33. The number of halogens is 1. The topological polar surface area (TPSA) is 48.0 Å². The Morgan fingerprint density at radius 2 is 2.10 bits per heavy atom. The molecule has 3 aliphatic rings. The van der Waals surface area contributed by atoms with E-state index in [2.05, 4.69) is 24.1 Å². The van der Waals surface area contributed by atoms with E-state index in [9.17, 15) is 4.79 Å². The van der Waals surface area contributed by atoms with E-state index in [0.29, 0.717) is 17.0 Å². The highest BCUT2D eigenvalue weighted by Crippen LogP contribution is 2.55. The summed E-state index contributed by atoms with van der Waals surface area (Å²) in [6.07, 6.45) is 5.27. The summed E-state index contributed by atoms with van der Waals surface area (Å²) in [5, 5.41) is 0.393. The van der Waals surface area contributed by atoms with Gasteiger partial charge in [-0.1, -0.05) is 35.9 Å². The molecular formula is C24H24ClNO4. The zero-order valence-electron chi connectivity index (χ0n) is 17.1. The van der Waals surface area contributed by atoms with E-state index in [1.807, 2.05) is 12.1 Å². The maximum absolute atomic E-state index is 12.6. The van der Waals surface area contributed by atoms with Gasteiger partial charge in [-0.05, 0) is 49.9 Å². The van der Waals surface area contributed by atoms with Crippen molar-refractivity contribution in [1.29, 1.82) is 0 Å². The standard InChI is InChI=1S/C24H24ClNO4/c1-26-12-11-24-10-9-16(29-23(27)17-5-3-4-6-18(17)25)13-20(24)30-22-19(28-2)8-7-15(14-26)21(22)24/h3-10,16,20H,11-14H2,1-2H3/t16?,20-,24-/m0/s1. The molecule has 1 spiro atoms. The van der Waals surface area contributed by atoms with Crippen molar-refractivity contribution in [3.63, 3.8) is 0 Å². The predicted molar refractivity (Wildman–Crippen MR) is 114 cm³/mol. The van der Waals surface area contributed by atoms with Crippen LogP contribution in [0, 0.1) is 0 Å². The van der Waals surface area contributed by atoms with Crippen molar-refractivity contribution in [3.05, 3.63) is 70.3 Å². The van der Waals surface area contributed by atoms with Crippen LogP contribution in [0.2, 0.25) is 5.02 Å². The molecule has 0 saturated heterocycles. The van der Waals surface area contributed by atoms with Crippen molar-refractivity contribution in [2.24, 2.45) is 0 Å². The highest BCUT2D eigenvalue weighted by atomic mass is 35.5. The third kappa shape index (κ3) is 2.99. The highest BCUT2D eigenvalue weighted by molar-refractivity contribution is 6.33. The maximum Gasteiger partial charge on any atom is 0.340 e. The van der Waals surface area contributed by atoms with Gasteiger partial charge in [-0.3, -0.25) is 0 Å². The number of rotatable bonds is 3. The van der Waals surface area contributed by atoms with Crippen LogP contribution in [-0.2, 0) is 16.7 Å². The van der Waals surface area contributed by atoms with Crippen LogP contribution in [0.15, 0.2) is 48.6 Å². The summed E-state index contributed by atoms with van der Waals surface area (Å²) in [7, 11) is 3.81. The Balaban J connectivity index is 1.47. The van der Waals surface area contributed by atoms with Gasteiger partial charge in [0.15, 0.2) is 11.5 Å². The molecule has 30 heavy (non-hydrogen) atoms. The van der Waals surface area contributed by atoms with Gasteiger partial charge in [0.25, 0.3) is 0 Å². The number of methoxy groups -OCH3 is 1. The SMILES string of the molecule is COc1ccc2c3c1O[C@H]1CC(OC(=O)c4ccccc4Cl)C=C[C@@]31CCN(C)C2. The van der Waals surface area contributed by atoms with Gasteiger partial charge in [-0.2, -0.15) is 0 Å². The lowest BCUT2D eigenvalue weighted by atomic mass is 9.69. The highest BCUT2D eigenvalue weighted by Gasteiger charge is 2.53. The molecule has 1 aliphatic carbocycles. The van der Waals surface area contributed by atoms with Crippen LogP contribution < -0.4 is 9.47 Å². The molecule has 5 nitrogen and oxygen atoms in total. The number of hydrogen-bond donors (Lipinski definition) is 0. The first-order valence-electron chi connectivity index (χ1n) is 10.2. The normalized spacial score (nSPS) is 26.9. The lowest BCUT2D eigenvalue weighted by molar-refractivity contribution is 0.0218. The summed E-state index contributed by atoms with van der Waals surface area (Å²) in [4.78, 5) is 15.0. The third-order valence-electron chi connectivity index (χ3n) is 6.48. The van der Waals surface area contributed by atoms with E-state index >= 15 is 0 Å². The van der Waals surface area contributed by atoms with Gasteiger partial charge in [0.2, 0.25) is 0 Å². The van der Waals surface area contributed by atoms with Crippen molar-refractivity contribution in [1.82, 2.24) is 4.90 Å². The van der Waals surface area contributed by atoms with E-state index in [0.717, 1.165) is 31.0 Å². The first-order chi connectivity index (χ1) is 14.5. The van der Waals surface area contributed by atoms with E-state index in [1.54, 1.807) is 31.4 Å². The van der Waals surface area contributed by atoms with Gasteiger partial charge in [0, 0.05) is 18.5 Å². The number of benzene rings is 2. The molecule has 6 heteroatoms. The minimum atomic E-state index is -0.416.